The predicted molar refractivity (Wildman–Crippen MR) is 84.2 cm³/mol. The first-order valence-electron chi connectivity index (χ1n) is 7.12. The summed E-state index contributed by atoms with van der Waals surface area (Å²) >= 11 is 0. The highest BCUT2D eigenvalue weighted by atomic mass is 16.6. The van der Waals surface area contributed by atoms with E-state index < -0.39 is 23.9 Å². The van der Waals surface area contributed by atoms with E-state index in [1.165, 1.54) is 0 Å². The van der Waals surface area contributed by atoms with Crippen molar-refractivity contribution in [2.75, 3.05) is 6.54 Å². The minimum Gasteiger partial charge on any atom is -0.444 e. The van der Waals surface area contributed by atoms with Crippen LogP contribution in [-0.2, 0) is 4.74 Å². The van der Waals surface area contributed by atoms with Gasteiger partial charge >= 0.3 is 6.09 Å². The molecule has 1 amide bonds. The van der Waals surface area contributed by atoms with Crippen molar-refractivity contribution in [2.24, 2.45) is 0 Å². The SMILES string of the molecule is C#Cc1ccc(C(O)C(O)CCNC(=O)OC(C)(C)C)cc1. The zero-order valence-electron chi connectivity index (χ0n) is 13.2. The number of hydrogen-bond acceptors (Lipinski definition) is 4. The summed E-state index contributed by atoms with van der Waals surface area (Å²) < 4.78 is 5.08. The summed E-state index contributed by atoms with van der Waals surface area (Å²) in [5, 5.41) is 22.6. The van der Waals surface area contributed by atoms with E-state index >= 15 is 0 Å². The number of carbonyl (C=O) groups excluding carboxylic acids is 1. The molecule has 0 aliphatic rings. The van der Waals surface area contributed by atoms with Crippen LogP contribution in [0.2, 0.25) is 0 Å². The number of carbonyl (C=O) groups is 1. The molecule has 3 N–H and O–H groups in total. The van der Waals surface area contributed by atoms with Crippen LogP contribution < -0.4 is 5.32 Å². The summed E-state index contributed by atoms with van der Waals surface area (Å²) in [5.74, 6) is 2.48. The lowest BCUT2D eigenvalue weighted by Crippen LogP contribution is -2.34. The molecule has 2 unspecified atom stereocenters. The van der Waals surface area contributed by atoms with Gasteiger partial charge < -0.3 is 20.3 Å². The Morgan fingerprint density at radius 2 is 1.91 bits per heavy atom. The molecule has 0 fully saturated rings. The van der Waals surface area contributed by atoms with Crippen LogP contribution in [0, 0.1) is 12.3 Å². The summed E-state index contributed by atoms with van der Waals surface area (Å²) in [6.45, 7) is 5.51. The quantitative estimate of drug-likeness (QED) is 0.727. The molecule has 0 heterocycles. The molecule has 22 heavy (non-hydrogen) atoms. The highest BCUT2D eigenvalue weighted by molar-refractivity contribution is 5.67. The molecule has 1 aromatic rings. The molecule has 0 saturated carbocycles. The average molecular weight is 305 g/mol. The van der Waals surface area contributed by atoms with Crippen molar-refractivity contribution in [1.29, 1.82) is 0 Å². The van der Waals surface area contributed by atoms with Crippen LogP contribution in [0.3, 0.4) is 0 Å². The van der Waals surface area contributed by atoms with Crippen molar-refractivity contribution in [2.45, 2.75) is 45.0 Å². The number of aliphatic hydroxyl groups is 2. The molecule has 1 rings (SSSR count). The van der Waals surface area contributed by atoms with Gasteiger partial charge in [-0.3, -0.25) is 0 Å². The maximum atomic E-state index is 11.5. The second kappa shape index (κ2) is 7.83. The number of hydrogen-bond donors (Lipinski definition) is 3. The van der Waals surface area contributed by atoms with E-state index in [9.17, 15) is 15.0 Å². The van der Waals surface area contributed by atoms with Gasteiger partial charge in [-0.15, -0.1) is 6.42 Å². The predicted octanol–water partition coefficient (Wildman–Crippen LogP) is 1.98. The fraction of sp³-hybridized carbons (Fsp3) is 0.471. The number of aliphatic hydroxyl groups excluding tert-OH is 2. The van der Waals surface area contributed by atoms with Crippen LogP contribution in [0.4, 0.5) is 4.79 Å². The van der Waals surface area contributed by atoms with Crippen LogP contribution in [0.1, 0.15) is 44.4 Å². The minimum atomic E-state index is -1.03. The van der Waals surface area contributed by atoms with Gasteiger partial charge in [0.2, 0.25) is 0 Å². The van der Waals surface area contributed by atoms with Crippen molar-refractivity contribution in [3.05, 3.63) is 35.4 Å². The van der Waals surface area contributed by atoms with Crippen LogP contribution >= 0.6 is 0 Å². The molecule has 0 saturated heterocycles. The molecule has 0 radical (unpaired) electrons. The number of amides is 1. The number of rotatable bonds is 5. The Morgan fingerprint density at radius 1 is 1.32 bits per heavy atom. The van der Waals surface area contributed by atoms with E-state index in [2.05, 4.69) is 11.2 Å². The Labute approximate surface area is 131 Å². The topological polar surface area (TPSA) is 78.8 Å². The summed E-state index contributed by atoms with van der Waals surface area (Å²) in [4.78, 5) is 11.5. The Bertz CT molecular complexity index is 525. The zero-order chi connectivity index (χ0) is 16.8. The molecule has 2 atom stereocenters. The Kier molecular flexibility index (Phi) is 6.41. The normalized spacial score (nSPS) is 13.8. The standard InChI is InChI=1S/C17H23NO4/c1-5-12-6-8-13(9-7-12)15(20)14(19)10-11-18-16(21)22-17(2,3)4/h1,6-9,14-15,19-20H,10-11H2,2-4H3,(H,18,21). The van der Waals surface area contributed by atoms with Crippen molar-refractivity contribution in [3.63, 3.8) is 0 Å². The minimum absolute atomic E-state index is 0.204. The first-order chi connectivity index (χ1) is 10.2. The van der Waals surface area contributed by atoms with E-state index in [0.717, 1.165) is 0 Å². The molecule has 0 aromatic heterocycles. The van der Waals surface area contributed by atoms with E-state index in [-0.39, 0.29) is 13.0 Å². The lowest BCUT2D eigenvalue weighted by atomic mass is 10.0. The van der Waals surface area contributed by atoms with Gasteiger partial charge in [-0.05, 0) is 44.9 Å². The van der Waals surface area contributed by atoms with Gasteiger partial charge in [-0.2, -0.15) is 0 Å². The van der Waals surface area contributed by atoms with Gasteiger partial charge in [0, 0.05) is 12.1 Å². The second-order valence-electron chi connectivity index (χ2n) is 6.00. The maximum Gasteiger partial charge on any atom is 0.407 e. The average Bonchev–Trinajstić information content (AvgIpc) is 2.44. The lowest BCUT2D eigenvalue weighted by Gasteiger charge is -2.21. The number of benzene rings is 1. The number of alkyl carbamates (subject to hydrolysis) is 1. The molecule has 5 nitrogen and oxygen atoms in total. The van der Waals surface area contributed by atoms with Gasteiger partial charge in [0.05, 0.1) is 6.10 Å². The molecule has 120 valence electrons. The molecule has 0 aliphatic carbocycles. The first kappa shape index (κ1) is 18.0. The zero-order valence-corrected chi connectivity index (χ0v) is 13.2. The Hall–Kier alpha value is -2.03. The number of ether oxygens (including phenoxy) is 1. The fourth-order valence-electron chi connectivity index (χ4n) is 1.79. The number of nitrogens with one attached hydrogen (secondary N) is 1. The van der Waals surface area contributed by atoms with Crippen LogP contribution in [-0.4, -0.2) is 34.6 Å². The maximum absolute atomic E-state index is 11.5. The summed E-state index contributed by atoms with van der Waals surface area (Å²) in [7, 11) is 0. The van der Waals surface area contributed by atoms with E-state index in [0.29, 0.717) is 11.1 Å². The molecule has 5 heteroatoms. The van der Waals surface area contributed by atoms with Crippen molar-refractivity contribution in [1.82, 2.24) is 5.32 Å². The van der Waals surface area contributed by atoms with Gasteiger partial charge in [-0.1, -0.05) is 18.1 Å². The highest BCUT2D eigenvalue weighted by Gasteiger charge is 2.19. The van der Waals surface area contributed by atoms with Gasteiger partial charge in [0.1, 0.15) is 11.7 Å². The third-order valence-electron chi connectivity index (χ3n) is 2.89. The molecule has 0 bridgehead atoms. The van der Waals surface area contributed by atoms with E-state index in [1.54, 1.807) is 45.0 Å². The second-order valence-corrected chi connectivity index (χ2v) is 6.00. The van der Waals surface area contributed by atoms with E-state index in [4.69, 9.17) is 11.2 Å². The van der Waals surface area contributed by atoms with Crippen molar-refractivity contribution in [3.8, 4) is 12.3 Å². The molecular formula is C17H23NO4. The van der Waals surface area contributed by atoms with Gasteiger partial charge in [-0.25, -0.2) is 4.79 Å². The molecule has 0 aliphatic heterocycles. The van der Waals surface area contributed by atoms with Gasteiger partial charge in [0.25, 0.3) is 0 Å². The third kappa shape index (κ3) is 6.17. The van der Waals surface area contributed by atoms with Crippen LogP contribution in [0.25, 0.3) is 0 Å². The van der Waals surface area contributed by atoms with E-state index in [1.807, 2.05) is 0 Å². The third-order valence-corrected chi connectivity index (χ3v) is 2.89. The lowest BCUT2D eigenvalue weighted by molar-refractivity contribution is 0.0123. The summed E-state index contributed by atoms with van der Waals surface area (Å²) in [6.07, 6.45) is 2.89. The molecule has 0 spiro atoms. The largest absolute Gasteiger partial charge is 0.444 e. The van der Waals surface area contributed by atoms with Crippen LogP contribution in [0.15, 0.2) is 24.3 Å². The summed E-state index contributed by atoms with van der Waals surface area (Å²) in [5.41, 5.74) is 0.710. The smallest absolute Gasteiger partial charge is 0.407 e. The highest BCUT2D eigenvalue weighted by Crippen LogP contribution is 2.19. The van der Waals surface area contributed by atoms with Crippen LogP contribution in [0.5, 0.6) is 0 Å². The monoisotopic (exact) mass is 305 g/mol. The van der Waals surface area contributed by atoms with Crippen molar-refractivity contribution >= 4 is 6.09 Å². The Balaban J connectivity index is 2.42. The van der Waals surface area contributed by atoms with Crippen molar-refractivity contribution < 1.29 is 19.7 Å². The van der Waals surface area contributed by atoms with Gasteiger partial charge in [0.15, 0.2) is 0 Å². The number of terminal acetylenes is 1. The summed E-state index contributed by atoms with van der Waals surface area (Å²) in [6, 6.07) is 6.74. The molecule has 1 aromatic carbocycles. The Morgan fingerprint density at radius 3 is 2.41 bits per heavy atom. The first-order valence-corrected chi connectivity index (χ1v) is 7.12. The fourth-order valence-corrected chi connectivity index (χ4v) is 1.79. The molecular weight excluding hydrogens is 282 g/mol.